The van der Waals surface area contributed by atoms with Gasteiger partial charge >= 0.3 is 0 Å². The molecular weight excluding hydrogens is 312 g/mol. The molecule has 3 N–H and O–H groups in total. The summed E-state index contributed by atoms with van der Waals surface area (Å²) in [6, 6.07) is 6.09. The van der Waals surface area contributed by atoms with Gasteiger partial charge in [0.2, 0.25) is 5.91 Å². The Hall–Kier alpha value is -0.520. The highest BCUT2D eigenvalue weighted by Crippen LogP contribution is 2.25. The minimum atomic E-state index is -0.297. The molecule has 0 radical (unpaired) electrons. The number of primary amides is 1. The van der Waals surface area contributed by atoms with Crippen molar-refractivity contribution in [3.05, 3.63) is 28.2 Å². The highest BCUT2D eigenvalue weighted by molar-refractivity contribution is 9.10. The molecule has 0 unspecified atom stereocenters. The lowest BCUT2D eigenvalue weighted by Gasteiger charge is -2.21. The Bertz CT molecular complexity index is 429. The molecule has 0 aromatic heterocycles. The molecule has 0 heterocycles. The molecule has 0 spiro atoms. The van der Waals surface area contributed by atoms with Crippen LogP contribution in [0.25, 0.3) is 0 Å². The first-order chi connectivity index (χ1) is 8.28. The second kappa shape index (κ2) is 6.59. The van der Waals surface area contributed by atoms with E-state index in [4.69, 9.17) is 5.73 Å². The van der Waals surface area contributed by atoms with E-state index >= 15 is 0 Å². The number of hydrogen-bond donors (Lipinski definition) is 2. The number of hydrogen-bond acceptors (Lipinski definition) is 3. The molecule has 0 bridgehead atoms. The lowest BCUT2D eigenvalue weighted by molar-refractivity contribution is -0.115. The number of amides is 1. The number of carbonyl (C=O) groups excluding carboxylic acids is 1. The molecule has 18 heavy (non-hydrogen) atoms. The van der Waals surface area contributed by atoms with Gasteiger partial charge in [0.05, 0.1) is 5.75 Å². The third-order valence-corrected chi connectivity index (χ3v) is 3.97. The fraction of sp³-hybridized carbons (Fsp3) is 0.462. The summed E-state index contributed by atoms with van der Waals surface area (Å²) in [4.78, 5) is 11.8. The number of nitrogens with one attached hydrogen (secondary N) is 1. The minimum Gasteiger partial charge on any atom is -0.369 e. The van der Waals surface area contributed by atoms with Crippen LogP contribution >= 0.6 is 27.7 Å². The molecule has 0 aliphatic heterocycles. The quantitative estimate of drug-likeness (QED) is 0.816. The SMILES string of the molecule is CC(C)(C)NCc1ccc(SCC(N)=O)cc1Br. The van der Waals surface area contributed by atoms with Crippen molar-refractivity contribution in [1.82, 2.24) is 5.32 Å². The molecule has 0 fully saturated rings. The van der Waals surface area contributed by atoms with Gasteiger partial charge in [-0.3, -0.25) is 4.79 Å². The standard InChI is InChI=1S/C13H19BrN2OS/c1-13(2,3)16-7-9-4-5-10(6-11(9)14)18-8-12(15)17/h4-6,16H,7-8H2,1-3H3,(H2,15,17). The zero-order valence-corrected chi connectivity index (χ0v) is 13.3. The fourth-order valence-electron chi connectivity index (χ4n) is 1.28. The highest BCUT2D eigenvalue weighted by atomic mass is 79.9. The number of rotatable bonds is 5. The first kappa shape index (κ1) is 15.5. The molecule has 3 nitrogen and oxygen atoms in total. The van der Waals surface area contributed by atoms with Gasteiger partial charge in [-0.2, -0.15) is 0 Å². The normalized spacial score (nSPS) is 11.6. The van der Waals surface area contributed by atoms with E-state index in [0.717, 1.165) is 15.9 Å². The van der Waals surface area contributed by atoms with E-state index in [-0.39, 0.29) is 11.4 Å². The van der Waals surface area contributed by atoms with Crippen molar-refractivity contribution in [2.24, 2.45) is 5.73 Å². The molecule has 0 atom stereocenters. The van der Waals surface area contributed by atoms with Gasteiger partial charge in [-0.25, -0.2) is 0 Å². The Morgan fingerprint density at radius 2 is 2.11 bits per heavy atom. The number of carbonyl (C=O) groups is 1. The van der Waals surface area contributed by atoms with E-state index in [2.05, 4.69) is 48.1 Å². The third kappa shape index (κ3) is 5.89. The van der Waals surface area contributed by atoms with Gasteiger partial charge in [-0.15, -0.1) is 11.8 Å². The van der Waals surface area contributed by atoms with Crippen molar-refractivity contribution in [2.75, 3.05) is 5.75 Å². The molecule has 0 aliphatic carbocycles. The minimum absolute atomic E-state index is 0.0961. The van der Waals surface area contributed by atoms with E-state index in [1.165, 1.54) is 17.3 Å². The van der Waals surface area contributed by atoms with Crippen molar-refractivity contribution in [3.63, 3.8) is 0 Å². The first-order valence-corrected chi connectivity index (χ1v) is 7.50. The van der Waals surface area contributed by atoms with Crippen molar-refractivity contribution in [3.8, 4) is 0 Å². The Labute approximate surface area is 121 Å². The van der Waals surface area contributed by atoms with Crippen molar-refractivity contribution < 1.29 is 4.79 Å². The number of thioether (sulfide) groups is 1. The molecule has 5 heteroatoms. The van der Waals surface area contributed by atoms with E-state index < -0.39 is 0 Å². The Balaban J connectivity index is 2.65. The van der Waals surface area contributed by atoms with Gasteiger partial charge in [0.1, 0.15) is 0 Å². The Morgan fingerprint density at radius 1 is 1.44 bits per heavy atom. The van der Waals surface area contributed by atoms with Crippen LogP contribution < -0.4 is 11.1 Å². The van der Waals surface area contributed by atoms with Gasteiger partial charge in [0.15, 0.2) is 0 Å². The highest BCUT2D eigenvalue weighted by Gasteiger charge is 2.10. The van der Waals surface area contributed by atoms with Crippen LogP contribution in [-0.2, 0) is 11.3 Å². The average molecular weight is 331 g/mol. The molecule has 1 aromatic rings. The van der Waals surface area contributed by atoms with E-state index in [1.807, 2.05) is 12.1 Å². The molecule has 0 aliphatic rings. The third-order valence-electron chi connectivity index (χ3n) is 2.21. The molecule has 0 saturated carbocycles. The van der Waals surface area contributed by atoms with Gasteiger partial charge in [-0.1, -0.05) is 22.0 Å². The van der Waals surface area contributed by atoms with Gasteiger partial charge < -0.3 is 11.1 Å². The van der Waals surface area contributed by atoms with Crippen molar-refractivity contribution in [2.45, 2.75) is 37.8 Å². The summed E-state index contributed by atoms with van der Waals surface area (Å²) in [6.45, 7) is 7.22. The topological polar surface area (TPSA) is 55.1 Å². The lowest BCUT2D eigenvalue weighted by Crippen LogP contribution is -2.35. The Morgan fingerprint density at radius 3 is 2.61 bits per heavy atom. The van der Waals surface area contributed by atoms with Crippen LogP contribution in [0.1, 0.15) is 26.3 Å². The first-order valence-electron chi connectivity index (χ1n) is 5.72. The number of halogens is 1. The summed E-state index contributed by atoms with van der Waals surface area (Å²) < 4.78 is 1.05. The number of nitrogens with two attached hydrogens (primary N) is 1. The van der Waals surface area contributed by atoms with Crippen LogP contribution in [0, 0.1) is 0 Å². The summed E-state index contributed by atoms with van der Waals surface area (Å²) in [6.07, 6.45) is 0. The van der Waals surface area contributed by atoms with Crippen LogP contribution in [0.5, 0.6) is 0 Å². The average Bonchev–Trinajstić information content (AvgIpc) is 2.23. The maximum Gasteiger partial charge on any atom is 0.227 e. The predicted molar refractivity (Wildman–Crippen MR) is 80.7 cm³/mol. The zero-order chi connectivity index (χ0) is 13.8. The van der Waals surface area contributed by atoms with Crippen molar-refractivity contribution in [1.29, 1.82) is 0 Å². The van der Waals surface area contributed by atoms with Crippen LogP contribution in [0.2, 0.25) is 0 Å². The summed E-state index contributed by atoms with van der Waals surface area (Å²) in [5, 5.41) is 3.44. The molecule has 1 aromatic carbocycles. The largest absolute Gasteiger partial charge is 0.369 e. The summed E-state index contributed by atoms with van der Waals surface area (Å²) in [5.41, 5.74) is 6.42. The molecule has 1 amide bonds. The zero-order valence-electron chi connectivity index (χ0n) is 10.9. The molecular formula is C13H19BrN2OS. The maximum absolute atomic E-state index is 10.7. The van der Waals surface area contributed by atoms with E-state index in [0.29, 0.717) is 5.75 Å². The van der Waals surface area contributed by atoms with Crippen LogP contribution in [-0.4, -0.2) is 17.2 Å². The molecule has 1 rings (SSSR count). The maximum atomic E-state index is 10.7. The van der Waals surface area contributed by atoms with Gasteiger partial charge in [0.25, 0.3) is 0 Å². The second-order valence-electron chi connectivity index (χ2n) is 5.11. The summed E-state index contributed by atoms with van der Waals surface area (Å²) >= 11 is 5.00. The van der Waals surface area contributed by atoms with Crippen LogP contribution in [0.4, 0.5) is 0 Å². The van der Waals surface area contributed by atoms with E-state index in [9.17, 15) is 4.79 Å². The smallest absolute Gasteiger partial charge is 0.227 e. The fourth-order valence-corrected chi connectivity index (χ4v) is 2.62. The van der Waals surface area contributed by atoms with Crippen LogP contribution in [0.3, 0.4) is 0 Å². The second-order valence-corrected chi connectivity index (χ2v) is 7.01. The monoisotopic (exact) mass is 330 g/mol. The van der Waals surface area contributed by atoms with Gasteiger partial charge in [0, 0.05) is 21.5 Å². The molecule has 100 valence electrons. The number of benzene rings is 1. The molecule has 0 saturated heterocycles. The predicted octanol–water partition coefficient (Wildman–Crippen LogP) is 2.91. The summed E-state index contributed by atoms with van der Waals surface area (Å²) in [5.74, 6) is 0.0149. The van der Waals surface area contributed by atoms with Gasteiger partial charge in [-0.05, 0) is 38.5 Å². The Kier molecular flexibility index (Phi) is 5.69. The van der Waals surface area contributed by atoms with Crippen LogP contribution in [0.15, 0.2) is 27.6 Å². The van der Waals surface area contributed by atoms with Crippen molar-refractivity contribution >= 4 is 33.6 Å². The lowest BCUT2D eigenvalue weighted by atomic mass is 10.1. The summed E-state index contributed by atoms with van der Waals surface area (Å²) in [7, 11) is 0. The van der Waals surface area contributed by atoms with E-state index in [1.54, 1.807) is 0 Å².